The highest BCUT2D eigenvalue weighted by molar-refractivity contribution is 6.31. The van der Waals surface area contributed by atoms with E-state index >= 15 is 0 Å². The number of hydrogen-bond acceptors (Lipinski definition) is 1. The van der Waals surface area contributed by atoms with Crippen LogP contribution < -0.4 is 6.15 Å². The molecule has 0 saturated carbocycles. The van der Waals surface area contributed by atoms with Crippen LogP contribution in [0.5, 0.6) is 0 Å². The number of aryl methyl sites for hydroxylation is 1. The van der Waals surface area contributed by atoms with Crippen LogP contribution >= 0.6 is 11.6 Å². The molecule has 0 aliphatic carbocycles. The Morgan fingerprint density at radius 3 is 1.93 bits per heavy atom. The predicted octanol–water partition coefficient (Wildman–Crippen LogP) is 4.19. The van der Waals surface area contributed by atoms with Gasteiger partial charge in [0, 0.05) is 5.02 Å². The Morgan fingerprint density at radius 1 is 0.929 bits per heavy atom. The van der Waals surface area contributed by atoms with E-state index in [1.807, 2.05) is 6.07 Å². The smallest absolute Gasteiger partial charge is 0.0440 e. The summed E-state index contributed by atoms with van der Waals surface area (Å²) in [5.74, 6) is 0. The van der Waals surface area contributed by atoms with Gasteiger partial charge in [-0.2, -0.15) is 0 Å². The fourth-order valence-electron chi connectivity index (χ4n) is 1.87. The summed E-state index contributed by atoms with van der Waals surface area (Å²) in [5, 5.41) is 0.927. The van der Waals surface area contributed by atoms with Crippen molar-refractivity contribution in [1.29, 1.82) is 0 Å². The fourth-order valence-corrected chi connectivity index (χ4v) is 2.18. The van der Waals surface area contributed by atoms with E-state index in [0.717, 1.165) is 24.3 Å². The first-order chi connectivity index (χ1) is 6.24. The molecule has 0 radical (unpaired) electrons. The van der Waals surface area contributed by atoms with Crippen LogP contribution in [0.25, 0.3) is 0 Å². The van der Waals surface area contributed by atoms with Gasteiger partial charge in [0.05, 0.1) is 0 Å². The Labute approximate surface area is 92.1 Å². The first-order valence-electron chi connectivity index (χ1n) is 5.03. The Kier molecular flexibility index (Phi) is 5.82. The number of hydrogen-bond donors (Lipinski definition) is 1. The molecule has 0 atom stereocenters. The van der Waals surface area contributed by atoms with Crippen LogP contribution in [0.1, 0.15) is 37.5 Å². The molecule has 1 nitrogen and oxygen atoms in total. The van der Waals surface area contributed by atoms with Gasteiger partial charge in [0.1, 0.15) is 0 Å². The average Bonchev–Trinajstić information content (AvgIpc) is 2.17. The molecule has 1 aromatic rings. The summed E-state index contributed by atoms with van der Waals surface area (Å²) in [5.41, 5.74) is 4.24. The lowest BCUT2D eigenvalue weighted by Crippen LogP contribution is -1.98. The van der Waals surface area contributed by atoms with Crippen molar-refractivity contribution in [2.24, 2.45) is 0 Å². The quantitative estimate of drug-likeness (QED) is 0.803. The second-order valence-electron chi connectivity index (χ2n) is 3.22. The van der Waals surface area contributed by atoms with Gasteiger partial charge in [-0.15, -0.1) is 0 Å². The van der Waals surface area contributed by atoms with Crippen LogP contribution in [-0.4, -0.2) is 0 Å². The molecule has 0 spiro atoms. The molecule has 0 fully saturated rings. The molecular weight excluding hydrogens is 194 g/mol. The summed E-state index contributed by atoms with van der Waals surface area (Å²) >= 11 is 6.14. The molecule has 14 heavy (non-hydrogen) atoms. The van der Waals surface area contributed by atoms with Crippen molar-refractivity contribution < 1.29 is 0 Å². The van der Waals surface area contributed by atoms with Gasteiger partial charge < -0.3 is 6.15 Å². The zero-order valence-electron chi connectivity index (χ0n) is 9.36. The molecule has 80 valence electrons. The molecule has 1 rings (SSSR count). The van der Waals surface area contributed by atoms with Crippen LogP contribution in [0, 0.1) is 0 Å². The third-order valence-electron chi connectivity index (χ3n) is 2.56. The molecule has 0 bridgehead atoms. The van der Waals surface area contributed by atoms with Crippen LogP contribution in [0.4, 0.5) is 0 Å². The number of benzene rings is 1. The SMILES string of the molecule is CCc1ccc(Cl)c(CC)c1CC.N. The summed E-state index contributed by atoms with van der Waals surface area (Å²) in [6.45, 7) is 6.56. The van der Waals surface area contributed by atoms with Gasteiger partial charge in [-0.25, -0.2) is 0 Å². The summed E-state index contributed by atoms with van der Waals surface area (Å²) in [6.07, 6.45) is 3.23. The summed E-state index contributed by atoms with van der Waals surface area (Å²) in [6, 6.07) is 4.18. The highest BCUT2D eigenvalue weighted by Crippen LogP contribution is 2.25. The van der Waals surface area contributed by atoms with Crippen molar-refractivity contribution >= 4 is 11.6 Å². The van der Waals surface area contributed by atoms with Gasteiger partial charge >= 0.3 is 0 Å². The van der Waals surface area contributed by atoms with Gasteiger partial charge in [-0.1, -0.05) is 38.4 Å². The van der Waals surface area contributed by atoms with Crippen molar-refractivity contribution in [1.82, 2.24) is 6.15 Å². The molecule has 0 aliphatic heterocycles. The van der Waals surface area contributed by atoms with E-state index in [-0.39, 0.29) is 6.15 Å². The van der Waals surface area contributed by atoms with Crippen LogP contribution in [0.3, 0.4) is 0 Å². The number of halogens is 1. The van der Waals surface area contributed by atoms with E-state index in [9.17, 15) is 0 Å². The third kappa shape index (κ3) is 2.49. The van der Waals surface area contributed by atoms with Gasteiger partial charge in [0.25, 0.3) is 0 Å². The molecule has 2 heteroatoms. The van der Waals surface area contributed by atoms with E-state index in [1.54, 1.807) is 0 Å². The standard InChI is InChI=1S/C12H17Cl.H3N/c1-4-9-7-8-12(13)11(6-3)10(9)5-2;/h7-8H,4-6H2,1-3H3;1H3. The normalized spacial score (nSPS) is 9.71. The lowest BCUT2D eigenvalue weighted by atomic mass is 9.96. The Hall–Kier alpha value is -0.530. The van der Waals surface area contributed by atoms with Crippen molar-refractivity contribution in [2.45, 2.75) is 40.0 Å². The molecule has 0 unspecified atom stereocenters. The lowest BCUT2D eigenvalue weighted by molar-refractivity contribution is 0.981. The van der Waals surface area contributed by atoms with Gasteiger partial charge in [0.2, 0.25) is 0 Å². The van der Waals surface area contributed by atoms with E-state index in [4.69, 9.17) is 11.6 Å². The van der Waals surface area contributed by atoms with Crippen molar-refractivity contribution in [3.63, 3.8) is 0 Å². The van der Waals surface area contributed by atoms with Crippen molar-refractivity contribution in [3.8, 4) is 0 Å². The Bertz CT molecular complexity index is 295. The van der Waals surface area contributed by atoms with Gasteiger partial charge in [-0.05, 0) is 42.0 Å². The molecule has 0 amide bonds. The minimum Gasteiger partial charge on any atom is -0.344 e. The molecule has 0 heterocycles. The molecule has 3 N–H and O–H groups in total. The minimum atomic E-state index is 0. The van der Waals surface area contributed by atoms with Gasteiger partial charge in [0.15, 0.2) is 0 Å². The molecule has 0 saturated heterocycles. The molecule has 1 aromatic carbocycles. The maximum absolute atomic E-state index is 6.14. The van der Waals surface area contributed by atoms with E-state index in [0.29, 0.717) is 0 Å². The van der Waals surface area contributed by atoms with Crippen LogP contribution in [-0.2, 0) is 19.3 Å². The van der Waals surface area contributed by atoms with Crippen LogP contribution in [0.15, 0.2) is 12.1 Å². The molecule has 0 aromatic heterocycles. The van der Waals surface area contributed by atoms with E-state index < -0.39 is 0 Å². The zero-order valence-corrected chi connectivity index (χ0v) is 10.1. The largest absolute Gasteiger partial charge is 0.344 e. The predicted molar refractivity (Wildman–Crippen MR) is 64.6 cm³/mol. The summed E-state index contributed by atoms with van der Waals surface area (Å²) < 4.78 is 0. The first-order valence-corrected chi connectivity index (χ1v) is 5.41. The Balaban J connectivity index is 0.00000169. The number of rotatable bonds is 3. The fraction of sp³-hybridized carbons (Fsp3) is 0.500. The molecular formula is C12H20ClN. The minimum absolute atomic E-state index is 0. The van der Waals surface area contributed by atoms with Crippen molar-refractivity contribution in [2.75, 3.05) is 0 Å². The molecule has 0 aliphatic rings. The van der Waals surface area contributed by atoms with E-state index in [2.05, 4.69) is 26.8 Å². The Morgan fingerprint density at radius 2 is 1.50 bits per heavy atom. The van der Waals surface area contributed by atoms with E-state index in [1.165, 1.54) is 16.7 Å². The van der Waals surface area contributed by atoms with Gasteiger partial charge in [-0.3, -0.25) is 0 Å². The summed E-state index contributed by atoms with van der Waals surface area (Å²) in [4.78, 5) is 0. The average molecular weight is 214 g/mol. The monoisotopic (exact) mass is 213 g/mol. The maximum Gasteiger partial charge on any atom is 0.0440 e. The van der Waals surface area contributed by atoms with Crippen LogP contribution in [0.2, 0.25) is 5.02 Å². The second-order valence-corrected chi connectivity index (χ2v) is 3.63. The summed E-state index contributed by atoms with van der Waals surface area (Å²) in [7, 11) is 0. The third-order valence-corrected chi connectivity index (χ3v) is 2.91. The zero-order chi connectivity index (χ0) is 9.84. The highest BCUT2D eigenvalue weighted by Gasteiger charge is 2.07. The highest BCUT2D eigenvalue weighted by atomic mass is 35.5. The van der Waals surface area contributed by atoms with Crippen molar-refractivity contribution in [3.05, 3.63) is 33.8 Å². The topological polar surface area (TPSA) is 35.0 Å². The maximum atomic E-state index is 6.14. The first kappa shape index (κ1) is 13.5. The second kappa shape index (κ2) is 6.05. The lowest BCUT2D eigenvalue weighted by Gasteiger charge is -2.12.